The van der Waals surface area contributed by atoms with Crippen LogP contribution in [-0.4, -0.2) is 21.0 Å². The second-order valence-electron chi connectivity index (χ2n) is 4.18. The number of nitrogens with zero attached hydrogens (tertiary/aromatic N) is 2. The van der Waals surface area contributed by atoms with Crippen molar-refractivity contribution in [3.8, 4) is 11.4 Å². The topological polar surface area (TPSA) is 63.1 Å². The Balaban J connectivity index is 2.51. The summed E-state index contributed by atoms with van der Waals surface area (Å²) in [7, 11) is 0. The van der Waals surface area contributed by atoms with Crippen molar-refractivity contribution in [2.75, 3.05) is 0 Å². The molecule has 0 aliphatic rings. The summed E-state index contributed by atoms with van der Waals surface area (Å²) in [6, 6.07) is 4.58. The van der Waals surface area contributed by atoms with E-state index in [1.54, 1.807) is 19.1 Å². The van der Waals surface area contributed by atoms with Gasteiger partial charge in [0.2, 0.25) is 0 Å². The number of carbonyl (C=O) groups is 1. The number of aryl methyl sites for hydroxylation is 2. The monoisotopic (exact) mass is 260 g/mol. The molecule has 4 nitrogen and oxygen atoms in total. The van der Waals surface area contributed by atoms with Gasteiger partial charge in [0, 0.05) is 11.8 Å². The van der Waals surface area contributed by atoms with Gasteiger partial charge in [0.1, 0.15) is 5.82 Å². The Labute approximate surface area is 110 Å². The van der Waals surface area contributed by atoms with E-state index >= 15 is 0 Å². The molecule has 1 aromatic carbocycles. The molecule has 1 heterocycles. The van der Waals surface area contributed by atoms with E-state index < -0.39 is 5.97 Å². The van der Waals surface area contributed by atoms with Gasteiger partial charge in [0.05, 0.1) is 11.3 Å². The maximum absolute atomic E-state index is 13.2. The normalized spacial score (nSPS) is 10.5. The molecule has 0 fully saturated rings. The number of carboxylic acids is 1. The molecule has 0 unspecified atom stereocenters. The highest BCUT2D eigenvalue weighted by Crippen LogP contribution is 2.19. The van der Waals surface area contributed by atoms with E-state index in [9.17, 15) is 9.18 Å². The lowest BCUT2D eigenvalue weighted by atomic mass is 10.1. The van der Waals surface area contributed by atoms with Crippen molar-refractivity contribution in [2.24, 2.45) is 0 Å². The number of hydrogen-bond donors (Lipinski definition) is 1. The molecule has 1 N–H and O–H groups in total. The molecule has 2 rings (SSSR count). The van der Waals surface area contributed by atoms with E-state index in [1.165, 1.54) is 12.3 Å². The molecule has 0 bridgehead atoms. The summed E-state index contributed by atoms with van der Waals surface area (Å²) in [5.41, 5.74) is 1.75. The van der Waals surface area contributed by atoms with Crippen molar-refractivity contribution in [1.82, 2.24) is 9.97 Å². The van der Waals surface area contributed by atoms with Crippen LogP contribution in [0.4, 0.5) is 4.39 Å². The van der Waals surface area contributed by atoms with Crippen molar-refractivity contribution >= 4 is 5.97 Å². The lowest BCUT2D eigenvalue weighted by molar-refractivity contribution is 0.0694. The fraction of sp³-hybridized carbons (Fsp3) is 0.214. The highest BCUT2D eigenvalue weighted by atomic mass is 19.1. The average Bonchev–Trinajstić information content (AvgIpc) is 2.41. The number of carboxylic acid groups (broad SMARTS) is 1. The molecule has 0 saturated heterocycles. The zero-order valence-corrected chi connectivity index (χ0v) is 10.6. The van der Waals surface area contributed by atoms with Gasteiger partial charge in [-0.05, 0) is 37.1 Å². The zero-order valence-electron chi connectivity index (χ0n) is 10.6. The first kappa shape index (κ1) is 13.1. The number of hydrogen-bond acceptors (Lipinski definition) is 3. The molecule has 2 aromatic rings. The number of benzene rings is 1. The molecule has 19 heavy (non-hydrogen) atoms. The van der Waals surface area contributed by atoms with Crippen molar-refractivity contribution in [3.63, 3.8) is 0 Å². The maximum Gasteiger partial charge on any atom is 0.339 e. The van der Waals surface area contributed by atoms with Gasteiger partial charge >= 0.3 is 5.97 Å². The highest BCUT2D eigenvalue weighted by Gasteiger charge is 2.13. The van der Waals surface area contributed by atoms with Crippen LogP contribution in [0.25, 0.3) is 11.4 Å². The van der Waals surface area contributed by atoms with Crippen LogP contribution in [-0.2, 0) is 6.42 Å². The van der Waals surface area contributed by atoms with Crippen molar-refractivity contribution < 1.29 is 14.3 Å². The fourth-order valence-electron chi connectivity index (χ4n) is 1.79. The van der Waals surface area contributed by atoms with Crippen molar-refractivity contribution in [2.45, 2.75) is 20.3 Å². The van der Waals surface area contributed by atoms with E-state index in [4.69, 9.17) is 5.11 Å². The van der Waals surface area contributed by atoms with Crippen molar-refractivity contribution in [1.29, 1.82) is 0 Å². The van der Waals surface area contributed by atoms with Crippen LogP contribution in [0.2, 0.25) is 0 Å². The maximum atomic E-state index is 13.2. The van der Waals surface area contributed by atoms with Crippen LogP contribution in [0.3, 0.4) is 0 Å². The van der Waals surface area contributed by atoms with E-state index in [0.717, 1.165) is 0 Å². The zero-order chi connectivity index (χ0) is 14.0. The second-order valence-corrected chi connectivity index (χ2v) is 4.18. The van der Waals surface area contributed by atoms with E-state index in [0.29, 0.717) is 29.1 Å². The minimum Gasteiger partial charge on any atom is -0.478 e. The molecule has 0 atom stereocenters. The lowest BCUT2D eigenvalue weighted by Crippen LogP contribution is -2.06. The average molecular weight is 260 g/mol. The minimum atomic E-state index is -1.04. The third kappa shape index (κ3) is 2.59. The Kier molecular flexibility index (Phi) is 3.55. The number of halogens is 1. The first-order chi connectivity index (χ1) is 9.02. The Hall–Kier alpha value is -2.30. The molecule has 1 aromatic heterocycles. The van der Waals surface area contributed by atoms with Crippen LogP contribution in [0.5, 0.6) is 0 Å². The molecule has 98 valence electrons. The smallest absolute Gasteiger partial charge is 0.339 e. The quantitative estimate of drug-likeness (QED) is 0.921. The molecule has 0 aliphatic heterocycles. The van der Waals surface area contributed by atoms with Crippen LogP contribution >= 0.6 is 0 Å². The second kappa shape index (κ2) is 5.14. The van der Waals surface area contributed by atoms with Crippen LogP contribution in [0, 0.1) is 12.7 Å². The fourth-order valence-corrected chi connectivity index (χ4v) is 1.79. The van der Waals surface area contributed by atoms with E-state index in [2.05, 4.69) is 9.97 Å². The Morgan fingerprint density at radius 2 is 2.16 bits per heavy atom. The van der Waals surface area contributed by atoms with Gasteiger partial charge < -0.3 is 5.11 Å². The molecule has 0 amide bonds. The Bertz CT molecular complexity index is 641. The third-order valence-corrected chi connectivity index (χ3v) is 2.85. The first-order valence-corrected chi connectivity index (χ1v) is 5.88. The Morgan fingerprint density at radius 3 is 2.74 bits per heavy atom. The lowest BCUT2D eigenvalue weighted by Gasteiger charge is -2.06. The molecular formula is C14H13FN2O2. The number of aromatic carboxylic acids is 1. The SMILES string of the molecule is CCc1nc(-c2ccc(F)c(C)c2)ncc1C(=O)O. The van der Waals surface area contributed by atoms with Gasteiger partial charge in [-0.25, -0.2) is 19.2 Å². The minimum absolute atomic E-state index is 0.102. The summed E-state index contributed by atoms with van der Waals surface area (Å²) in [4.78, 5) is 19.3. The van der Waals surface area contributed by atoms with Crippen LogP contribution < -0.4 is 0 Å². The molecule has 0 saturated carbocycles. The number of rotatable bonds is 3. The highest BCUT2D eigenvalue weighted by molar-refractivity contribution is 5.88. The third-order valence-electron chi connectivity index (χ3n) is 2.85. The summed E-state index contributed by atoms with van der Waals surface area (Å²) >= 11 is 0. The van der Waals surface area contributed by atoms with E-state index in [1.807, 2.05) is 6.92 Å². The van der Waals surface area contributed by atoms with Crippen LogP contribution in [0.1, 0.15) is 28.5 Å². The summed E-state index contributed by atoms with van der Waals surface area (Å²) in [5.74, 6) is -0.926. The molecule has 0 spiro atoms. The van der Waals surface area contributed by atoms with Gasteiger partial charge in [0.25, 0.3) is 0 Å². The number of aromatic nitrogens is 2. The van der Waals surface area contributed by atoms with Crippen molar-refractivity contribution in [3.05, 3.63) is 47.0 Å². The molecule has 0 radical (unpaired) electrons. The largest absolute Gasteiger partial charge is 0.478 e. The first-order valence-electron chi connectivity index (χ1n) is 5.88. The summed E-state index contributed by atoms with van der Waals surface area (Å²) in [6.07, 6.45) is 1.79. The summed E-state index contributed by atoms with van der Waals surface area (Å²) in [6.45, 7) is 3.49. The standard InChI is InChI=1S/C14H13FN2O2/c1-3-12-10(14(18)19)7-16-13(17-12)9-4-5-11(15)8(2)6-9/h4-7H,3H2,1-2H3,(H,18,19). The predicted molar refractivity (Wildman–Crippen MR) is 68.5 cm³/mol. The summed E-state index contributed by atoms with van der Waals surface area (Å²) in [5, 5.41) is 9.01. The predicted octanol–water partition coefficient (Wildman–Crippen LogP) is 2.85. The molecule has 5 heteroatoms. The summed E-state index contributed by atoms with van der Waals surface area (Å²) < 4.78 is 13.2. The van der Waals surface area contributed by atoms with Gasteiger partial charge in [-0.3, -0.25) is 0 Å². The molecule has 0 aliphatic carbocycles. The van der Waals surface area contributed by atoms with Gasteiger partial charge in [-0.1, -0.05) is 6.92 Å². The Morgan fingerprint density at radius 1 is 1.42 bits per heavy atom. The molecular weight excluding hydrogens is 247 g/mol. The van der Waals surface area contributed by atoms with Gasteiger partial charge in [-0.2, -0.15) is 0 Å². The van der Waals surface area contributed by atoms with Gasteiger partial charge in [-0.15, -0.1) is 0 Å². The van der Waals surface area contributed by atoms with Gasteiger partial charge in [0.15, 0.2) is 5.82 Å². The van der Waals surface area contributed by atoms with Crippen LogP contribution in [0.15, 0.2) is 24.4 Å². The van der Waals surface area contributed by atoms with E-state index in [-0.39, 0.29) is 11.4 Å².